The summed E-state index contributed by atoms with van der Waals surface area (Å²) in [5.74, 6) is 0.477. The van der Waals surface area contributed by atoms with Gasteiger partial charge in [0.05, 0.1) is 19.6 Å². The van der Waals surface area contributed by atoms with Crippen molar-refractivity contribution in [2.75, 3.05) is 20.8 Å². The lowest BCUT2D eigenvalue weighted by molar-refractivity contribution is -0.146. The second-order valence-corrected chi connectivity index (χ2v) is 4.57. The van der Waals surface area contributed by atoms with Gasteiger partial charge in [0.25, 0.3) is 0 Å². The minimum Gasteiger partial charge on any atom is -0.493 e. The molecule has 0 aliphatic carbocycles. The molecule has 96 valence electrons. The van der Waals surface area contributed by atoms with Crippen molar-refractivity contribution in [1.29, 1.82) is 0 Å². The van der Waals surface area contributed by atoms with Crippen molar-refractivity contribution in [1.82, 2.24) is 0 Å². The van der Waals surface area contributed by atoms with Crippen LogP contribution in [0, 0.1) is 5.92 Å². The maximum Gasteiger partial charge on any atom is 0.312 e. The zero-order valence-electron chi connectivity index (χ0n) is 11.0. The number of carbonyl (C=O) groups is 1. The van der Waals surface area contributed by atoms with Gasteiger partial charge in [-0.2, -0.15) is 0 Å². The molecular weight excluding hydrogens is 231 g/mol. The highest BCUT2D eigenvalue weighted by Gasteiger charge is 2.27. The molecule has 0 amide bonds. The Morgan fingerprint density at radius 3 is 2.94 bits per heavy atom. The standard InChI is InChI=1S/C13H17BO4/c1-16-6-8-3-9-5-10(13(15)17-2)7-18-12(9)11(14)4-8/h3-4,10H,5-7,14H2,1-2H3. The van der Waals surface area contributed by atoms with Crippen LogP contribution >= 0.6 is 0 Å². The highest BCUT2D eigenvalue weighted by molar-refractivity contribution is 6.34. The van der Waals surface area contributed by atoms with E-state index >= 15 is 0 Å². The normalized spacial score (nSPS) is 17.8. The lowest BCUT2D eigenvalue weighted by atomic mass is 9.86. The molecule has 0 saturated heterocycles. The fraction of sp³-hybridized carbons (Fsp3) is 0.462. The Labute approximate surface area is 108 Å². The van der Waals surface area contributed by atoms with Crippen molar-refractivity contribution in [3.8, 4) is 5.75 Å². The van der Waals surface area contributed by atoms with Crippen LogP contribution in [0.3, 0.4) is 0 Å². The van der Waals surface area contributed by atoms with Gasteiger partial charge in [-0.1, -0.05) is 6.07 Å². The van der Waals surface area contributed by atoms with Crippen LogP contribution in [-0.2, 0) is 27.3 Å². The van der Waals surface area contributed by atoms with Gasteiger partial charge in [0.15, 0.2) is 0 Å². The van der Waals surface area contributed by atoms with E-state index in [1.807, 2.05) is 13.9 Å². The van der Waals surface area contributed by atoms with E-state index < -0.39 is 0 Å². The number of esters is 1. The summed E-state index contributed by atoms with van der Waals surface area (Å²) in [6, 6.07) is 4.10. The molecule has 1 unspecified atom stereocenters. The summed E-state index contributed by atoms with van der Waals surface area (Å²) in [6.07, 6.45) is 0.667. The molecule has 1 atom stereocenters. The molecule has 1 aromatic carbocycles. The monoisotopic (exact) mass is 248 g/mol. The summed E-state index contributed by atoms with van der Waals surface area (Å²) in [5, 5.41) is 0. The third-order valence-corrected chi connectivity index (χ3v) is 3.15. The zero-order valence-corrected chi connectivity index (χ0v) is 11.0. The van der Waals surface area contributed by atoms with Crippen LogP contribution in [0.5, 0.6) is 5.75 Å². The van der Waals surface area contributed by atoms with Crippen molar-refractivity contribution in [3.05, 3.63) is 23.3 Å². The summed E-state index contributed by atoms with van der Waals surface area (Å²) < 4.78 is 15.6. The Balaban J connectivity index is 2.27. The number of benzene rings is 1. The maximum absolute atomic E-state index is 11.5. The van der Waals surface area contributed by atoms with E-state index in [4.69, 9.17) is 14.2 Å². The van der Waals surface area contributed by atoms with Crippen molar-refractivity contribution in [2.24, 2.45) is 5.92 Å². The molecule has 0 spiro atoms. The van der Waals surface area contributed by atoms with Crippen LogP contribution in [0.2, 0.25) is 0 Å². The first-order valence-corrected chi connectivity index (χ1v) is 5.97. The number of carbonyl (C=O) groups excluding carboxylic acids is 1. The second kappa shape index (κ2) is 5.44. The van der Waals surface area contributed by atoms with E-state index in [0.717, 1.165) is 22.3 Å². The smallest absolute Gasteiger partial charge is 0.312 e. The van der Waals surface area contributed by atoms with Gasteiger partial charge in [-0.25, -0.2) is 0 Å². The average Bonchev–Trinajstić information content (AvgIpc) is 2.37. The van der Waals surface area contributed by atoms with E-state index in [-0.39, 0.29) is 11.9 Å². The predicted octanol–water partition coefficient (Wildman–Crippen LogP) is -0.185. The van der Waals surface area contributed by atoms with Gasteiger partial charge in [0.1, 0.15) is 20.2 Å². The molecule has 0 N–H and O–H groups in total. The van der Waals surface area contributed by atoms with Crippen LogP contribution in [0.25, 0.3) is 0 Å². The number of fused-ring (bicyclic) bond motifs is 1. The summed E-state index contributed by atoms with van der Waals surface area (Å²) in [6.45, 7) is 0.959. The highest BCUT2D eigenvalue weighted by Crippen LogP contribution is 2.27. The first-order valence-electron chi connectivity index (χ1n) is 5.97. The number of hydrogen-bond acceptors (Lipinski definition) is 4. The molecule has 1 aliphatic rings. The Morgan fingerprint density at radius 1 is 1.50 bits per heavy atom. The molecule has 18 heavy (non-hydrogen) atoms. The topological polar surface area (TPSA) is 44.8 Å². The Bertz CT molecular complexity index is 459. The molecule has 5 heteroatoms. The Hall–Kier alpha value is -1.49. The van der Waals surface area contributed by atoms with E-state index in [9.17, 15) is 4.79 Å². The third-order valence-electron chi connectivity index (χ3n) is 3.15. The summed E-state index contributed by atoms with van der Waals surface area (Å²) in [5.41, 5.74) is 3.24. The maximum atomic E-state index is 11.5. The van der Waals surface area contributed by atoms with Crippen LogP contribution in [0.4, 0.5) is 0 Å². The molecule has 2 rings (SSSR count). The number of ether oxygens (including phenoxy) is 3. The summed E-state index contributed by atoms with van der Waals surface area (Å²) in [7, 11) is 5.09. The quantitative estimate of drug-likeness (QED) is 0.549. The largest absolute Gasteiger partial charge is 0.493 e. The Morgan fingerprint density at radius 2 is 2.28 bits per heavy atom. The highest BCUT2D eigenvalue weighted by atomic mass is 16.5. The summed E-state index contributed by atoms with van der Waals surface area (Å²) in [4.78, 5) is 11.5. The van der Waals surface area contributed by atoms with Crippen molar-refractivity contribution >= 4 is 19.3 Å². The van der Waals surface area contributed by atoms with Gasteiger partial charge < -0.3 is 14.2 Å². The van der Waals surface area contributed by atoms with Gasteiger partial charge in [-0.3, -0.25) is 4.79 Å². The molecule has 0 radical (unpaired) electrons. The second-order valence-electron chi connectivity index (χ2n) is 4.57. The first-order chi connectivity index (χ1) is 8.65. The molecule has 0 fully saturated rings. The zero-order chi connectivity index (χ0) is 13.1. The predicted molar refractivity (Wildman–Crippen MR) is 70.0 cm³/mol. The minimum atomic E-state index is -0.213. The minimum absolute atomic E-state index is 0.209. The fourth-order valence-corrected chi connectivity index (χ4v) is 2.36. The Kier molecular flexibility index (Phi) is 3.92. The van der Waals surface area contributed by atoms with E-state index in [0.29, 0.717) is 19.6 Å². The third kappa shape index (κ3) is 2.51. The molecule has 1 aromatic rings. The average molecular weight is 248 g/mol. The molecule has 1 heterocycles. The molecule has 0 bridgehead atoms. The van der Waals surface area contributed by atoms with E-state index in [1.165, 1.54) is 7.11 Å². The summed E-state index contributed by atoms with van der Waals surface area (Å²) >= 11 is 0. The fourth-order valence-electron chi connectivity index (χ4n) is 2.36. The van der Waals surface area contributed by atoms with Crippen molar-refractivity contribution in [3.63, 3.8) is 0 Å². The van der Waals surface area contributed by atoms with Gasteiger partial charge >= 0.3 is 5.97 Å². The molecule has 1 aliphatic heterocycles. The van der Waals surface area contributed by atoms with E-state index in [2.05, 4.69) is 6.07 Å². The first kappa shape index (κ1) is 13.0. The van der Waals surface area contributed by atoms with Gasteiger partial charge in [-0.15, -0.1) is 0 Å². The molecular formula is C13H17BO4. The molecule has 0 saturated carbocycles. The van der Waals surface area contributed by atoms with Gasteiger partial charge in [-0.05, 0) is 29.1 Å². The van der Waals surface area contributed by atoms with Crippen molar-refractivity contribution < 1.29 is 19.0 Å². The van der Waals surface area contributed by atoms with Crippen LogP contribution in [-0.4, -0.2) is 34.6 Å². The van der Waals surface area contributed by atoms with Gasteiger partial charge in [0.2, 0.25) is 0 Å². The molecule has 4 nitrogen and oxygen atoms in total. The van der Waals surface area contributed by atoms with E-state index in [1.54, 1.807) is 7.11 Å². The van der Waals surface area contributed by atoms with Crippen LogP contribution in [0.1, 0.15) is 11.1 Å². The molecule has 0 aromatic heterocycles. The van der Waals surface area contributed by atoms with Crippen molar-refractivity contribution in [2.45, 2.75) is 13.0 Å². The number of rotatable bonds is 3. The van der Waals surface area contributed by atoms with Crippen LogP contribution < -0.4 is 10.2 Å². The number of methoxy groups -OCH3 is 2. The van der Waals surface area contributed by atoms with Crippen LogP contribution in [0.15, 0.2) is 12.1 Å². The SMILES string of the molecule is Bc1cc(COC)cc2c1OCC(C(=O)OC)C2. The lowest BCUT2D eigenvalue weighted by Gasteiger charge is -2.25. The number of hydrogen-bond donors (Lipinski definition) is 0. The lowest BCUT2D eigenvalue weighted by Crippen LogP contribution is -2.31. The van der Waals surface area contributed by atoms with Gasteiger partial charge in [0, 0.05) is 7.11 Å².